The third-order valence-electron chi connectivity index (χ3n) is 4.36. The summed E-state index contributed by atoms with van der Waals surface area (Å²) in [4.78, 5) is 12.2. The van der Waals surface area contributed by atoms with E-state index in [1.54, 1.807) is 0 Å². The maximum Gasteiger partial charge on any atom is 0.231 e. The van der Waals surface area contributed by atoms with Crippen molar-refractivity contribution >= 4 is 5.78 Å². The van der Waals surface area contributed by atoms with E-state index in [4.69, 9.17) is 14.2 Å². The molecule has 4 nitrogen and oxygen atoms in total. The zero-order valence-corrected chi connectivity index (χ0v) is 11.2. The van der Waals surface area contributed by atoms with Crippen molar-refractivity contribution in [1.29, 1.82) is 0 Å². The molecular formula is C14H22O4. The average molecular weight is 254 g/mol. The highest BCUT2D eigenvalue weighted by atomic mass is 16.8. The molecule has 3 fully saturated rings. The van der Waals surface area contributed by atoms with Crippen LogP contribution in [0.5, 0.6) is 0 Å². The number of hydrogen-bond acceptors (Lipinski definition) is 4. The van der Waals surface area contributed by atoms with Gasteiger partial charge in [-0.05, 0) is 33.1 Å². The van der Waals surface area contributed by atoms with Gasteiger partial charge < -0.3 is 14.2 Å². The first-order valence-corrected chi connectivity index (χ1v) is 7.13. The van der Waals surface area contributed by atoms with E-state index in [2.05, 4.69) is 6.92 Å². The van der Waals surface area contributed by atoms with Crippen LogP contribution in [0.4, 0.5) is 0 Å². The Bertz CT molecular complexity index is 356. The Labute approximate surface area is 108 Å². The molecule has 0 radical (unpaired) electrons. The minimum Gasteiger partial charge on any atom is -0.347 e. The van der Waals surface area contributed by atoms with E-state index in [-0.39, 0.29) is 18.0 Å². The third-order valence-corrected chi connectivity index (χ3v) is 4.36. The molecule has 3 aliphatic rings. The second-order valence-corrected chi connectivity index (χ2v) is 5.98. The molecule has 0 aliphatic carbocycles. The molecule has 0 saturated carbocycles. The standard InChI is InChI=1S/C14H22O4/c1-10-4-3-7-13(16-10)8-9-14(18-13)12(15)6-5-11(2)17-14/h10-11H,3-9H2,1-2H3/t10-,11+,13+,14-/m1/s1. The highest BCUT2D eigenvalue weighted by molar-refractivity contribution is 5.86. The first-order chi connectivity index (χ1) is 8.54. The van der Waals surface area contributed by atoms with Crippen LogP contribution in [0.15, 0.2) is 0 Å². The molecule has 3 aliphatic heterocycles. The molecule has 2 spiro atoms. The van der Waals surface area contributed by atoms with Crippen LogP contribution in [0, 0.1) is 0 Å². The summed E-state index contributed by atoms with van der Waals surface area (Å²) in [5.74, 6) is -1.47. The average Bonchev–Trinajstić information content (AvgIpc) is 2.64. The minimum absolute atomic E-state index is 0.0962. The van der Waals surface area contributed by atoms with Crippen LogP contribution in [0.2, 0.25) is 0 Å². The van der Waals surface area contributed by atoms with Gasteiger partial charge in [0.05, 0.1) is 12.2 Å². The van der Waals surface area contributed by atoms with Gasteiger partial charge in [-0.25, -0.2) is 0 Å². The lowest BCUT2D eigenvalue weighted by molar-refractivity contribution is -0.338. The fourth-order valence-corrected chi connectivity index (χ4v) is 3.41. The van der Waals surface area contributed by atoms with Gasteiger partial charge in [-0.15, -0.1) is 0 Å². The van der Waals surface area contributed by atoms with E-state index in [1.807, 2.05) is 6.92 Å². The van der Waals surface area contributed by atoms with Gasteiger partial charge in [0.15, 0.2) is 11.6 Å². The van der Waals surface area contributed by atoms with E-state index in [0.29, 0.717) is 12.8 Å². The quantitative estimate of drug-likeness (QED) is 0.666. The van der Waals surface area contributed by atoms with Gasteiger partial charge in [-0.3, -0.25) is 4.79 Å². The molecule has 0 aromatic carbocycles. The van der Waals surface area contributed by atoms with E-state index in [1.165, 1.54) is 0 Å². The molecule has 0 unspecified atom stereocenters. The number of rotatable bonds is 0. The Kier molecular flexibility index (Phi) is 3.00. The first kappa shape index (κ1) is 12.6. The summed E-state index contributed by atoms with van der Waals surface area (Å²) >= 11 is 0. The van der Waals surface area contributed by atoms with Gasteiger partial charge in [0.2, 0.25) is 5.79 Å². The van der Waals surface area contributed by atoms with E-state index in [9.17, 15) is 4.79 Å². The predicted octanol–water partition coefficient (Wildman–Crippen LogP) is 2.55. The van der Waals surface area contributed by atoms with Crippen molar-refractivity contribution in [2.75, 3.05) is 0 Å². The Hall–Kier alpha value is -0.450. The Morgan fingerprint density at radius 1 is 1.06 bits per heavy atom. The fraction of sp³-hybridized carbons (Fsp3) is 0.929. The van der Waals surface area contributed by atoms with Crippen molar-refractivity contribution in [2.24, 2.45) is 0 Å². The minimum atomic E-state index is -1.01. The summed E-state index contributed by atoms with van der Waals surface area (Å²) < 4.78 is 17.9. The zero-order chi connectivity index (χ0) is 12.8. The lowest BCUT2D eigenvalue weighted by atomic mass is 9.95. The van der Waals surface area contributed by atoms with Crippen molar-refractivity contribution < 1.29 is 19.0 Å². The molecule has 0 amide bonds. The summed E-state index contributed by atoms with van der Waals surface area (Å²) in [5, 5.41) is 0. The second-order valence-electron chi connectivity index (χ2n) is 5.98. The van der Waals surface area contributed by atoms with Gasteiger partial charge in [0.1, 0.15) is 0 Å². The SMILES string of the molecule is C[C@@H]1CCC[C@]2(CC[C@@]3(O[C@@H](C)CCC3=O)O2)O1. The lowest BCUT2D eigenvalue weighted by Crippen LogP contribution is -2.51. The van der Waals surface area contributed by atoms with E-state index < -0.39 is 11.6 Å². The number of ketones is 1. The highest BCUT2D eigenvalue weighted by Crippen LogP contribution is 2.48. The molecule has 3 heterocycles. The molecule has 4 atom stereocenters. The largest absolute Gasteiger partial charge is 0.347 e. The number of hydrogen-bond donors (Lipinski definition) is 0. The van der Waals surface area contributed by atoms with Gasteiger partial charge in [-0.1, -0.05) is 0 Å². The van der Waals surface area contributed by atoms with E-state index in [0.717, 1.165) is 32.1 Å². The number of carbonyl (C=O) groups is 1. The molecule has 3 rings (SSSR count). The summed E-state index contributed by atoms with van der Waals surface area (Å²) in [6, 6.07) is 0. The number of ether oxygens (including phenoxy) is 3. The van der Waals surface area contributed by atoms with Gasteiger partial charge in [-0.2, -0.15) is 0 Å². The normalized spacial score (nSPS) is 49.1. The van der Waals surface area contributed by atoms with Crippen molar-refractivity contribution in [3.8, 4) is 0 Å². The van der Waals surface area contributed by atoms with Crippen molar-refractivity contribution in [3.05, 3.63) is 0 Å². The van der Waals surface area contributed by atoms with Crippen molar-refractivity contribution in [1.82, 2.24) is 0 Å². The van der Waals surface area contributed by atoms with E-state index >= 15 is 0 Å². The molecule has 102 valence electrons. The Balaban J connectivity index is 1.78. The molecule has 0 aromatic heterocycles. The monoisotopic (exact) mass is 254 g/mol. The van der Waals surface area contributed by atoms with Gasteiger partial charge in [0, 0.05) is 25.7 Å². The highest BCUT2D eigenvalue weighted by Gasteiger charge is 2.57. The molecule has 4 heteroatoms. The van der Waals surface area contributed by atoms with Crippen LogP contribution in [-0.2, 0) is 19.0 Å². The zero-order valence-electron chi connectivity index (χ0n) is 11.2. The van der Waals surface area contributed by atoms with Gasteiger partial charge in [0.25, 0.3) is 0 Å². The predicted molar refractivity (Wildman–Crippen MR) is 65.0 cm³/mol. The summed E-state index contributed by atoms with van der Waals surface area (Å²) in [6.45, 7) is 4.08. The third kappa shape index (κ3) is 2.00. The van der Waals surface area contributed by atoms with Crippen LogP contribution in [0.25, 0.3) is 0 Å². The Morgan fingerprint density at radius 2 is 1.83 bits per heavy atom. The molecule has 0 N–H and O–H groups in total. The molecule has 0 bridgehead atoms. The summed E-state index contributed by atoms with van der Waals surface area (Å²) in [6.07, 6.45) is 6.14. The van der Waals surface area contributed by atoms with Gasteiger partial charge >= 0.3 is 0 Å². The topological polar surface area (TPSA) is 44.8 Å². The molecule has 18 heavy (non-hydrogen) atoms. The Morgan fingerprint density at radius 3 is 2.61 bits per heavy atom. The first-order valence-electron chi connectivity index (χ1n) is 7.13. The smallest absolute Gasteiger partial charge is 0.231 e. The maximum absolute atomic E-state index is 12.2. The fourth-order valence-electron chi connectivity index (χ4n) is 3.41. The number of Topliss-reactive ketones (excluding diaryl/α,β-unsaturated/α-hetero) is 1. The summed E-state index contributed by atoms with van der Waals surface area (Å²) in [7, 11) is 0. The van der Waals surface area contributed by atoms with Crippen LogP contribution < -0.4 is 0 Å². The van der Waals surface area contributed by atoms with Crippen LogP contribution >= 0.6 is 0 Å². The lowest BCUT2D eigenvalue weighted by Gasteiger charge is -2.41. The van der Waals surface area contributed by atoms with Crippen molar-refractivity contribution in [2.45, 2.75) is 82.6 Å². The van der Waals surface area contributed by atoms with Crippen LogP contribution in [-0.4, -0.2) is 29.6 Å². The second kappa shape index (κ2) is 4.29. The summed E-state index contributed by atoms with van der Waals surface area (Å²) in [5.41, 5.74) is 0. The molecule has 0 aromatic rings. The van der Waals surface area contributed by atoms with Crippen molar-refractivity contribution in [3.63, 3.8) is 0 Å². The maximum atomic E-state index is 12.2. The number of carbonyl (C=O) groups excluding carboxylic acids is 1. The molecular weight excluding hydrogens is 232 g/mol. The van der Waals surface area contributed by atoms with Crippen LogP contribution in [0.1, 0.15) is 58.8 Å². The van der Waals surface area contributed by atoms with Crippen LogP contribution in [0.3, 0.4) is 0 Å². The molecule has 3 saturated heterocycles.